The molecule has 1 rings (SSSR count). The summed E-state index contributed by atoms with van der Waals surface area (Å²) in [4.78, 5) is 10.8. The monoisotopic (exact) mass is 146 g/mol. The van der Waals surface area contributed by atoms with E-state index in [9.17, 15) is 4.79 Å². The molecule has 0 saturated carbocycles. The number of esters is 1. The van der Waals surface area contributed by atoms with Gasteiger partial charge < -0.3 is 14.6 Å². The molecule has 0 aliphatic carbocycles. The molecule has 0 amide bonds. The first-order chi connectivity index (χ1) is 4.61. The van der Waals surface area contributed by atoms with Crippen LogP contribution in [0.3, 0.4) is 0 Å². The lowest BCUT2D eigenvalue weighted by atomic mass is 10.0. The molecular weight excluding hydrogens is 136 g/mol. The Kier molecular flexibility index (Phi) is 1.66. The van der Waals surface area contributed by atoms with E-state index >= 15 is 0 Å². The van der Waals surface area contributed by atoms with Crippen LogP contribution >= 0.6 is 0 Å². The van der Waals surface area contributed by atoms with Gasteiger partial charge in [-0.25, -0.2) is 4.79 Å². The molecule has 1 heterocycles. The summed E-state index contributed by atoms with van der Waals surface area (Å²) in [7, 11) is 1.37. The molecule has 0 bridgehead atoms. The number of ether oxygens (including phenoxy) is 2. The van der Waals surface area contributed by atoms with E-state index in [2.05, 4.69) is 4.74 Å². The Labute approximate surface area is 58.7 Å². The van der Waals surface area contributed by atoms with E-state index in [4.69, 9.17) is 9.84 Å². The zero-order chi connectivity index (χ0) is 7.78. The molecule has 0 aromatic carbocycles. The summed E-state index contributed by atoms with van der Waals surface area (Å²) in [6.45, 7) is 1.54. The number of rotatable bonds is 1. The van der Waals surface area contributed by atoms with Crippen LogP contribution < -0.4 is 0 Å². The minimum Gasteiger partial charge on any atom is -0.461 e. The zero-order valence-corrected chi connectivity index (χ0v) is 5.96. The van der Waals surface area contributed by atoms with E-state index < -0.39 is 17.7 Å². The highest BCUT2D eigenvalue weighted by Crippen LogP contribution is 2.23. The maximum Gasteiger partial charge on any atom is 0.341 e. The van der Waals surface area contributed by atoms with Crippen molar-refractivity contribution in [2.45, 2.75) is 18.6 Å². The predicted molar refractivity (Wildman–Crippen MR) is 32.4 cm³/mol. The third-order valence-electron chi connectivity index (χ3n) is 1.84. The maximum atomic E-state index is 10.8. The standard InChI is InChI=1S/C6H10O4/c1-6(9-2)4(7)3-10-5(6)8/h4,7H,3H2,1-2H3/t4-,6-/m1/s1. The first-order valence-electron chi connectivity index (χ1n) is 3.01. The molecule has 0 aromatic heterocycles. The molecule has 0 unspecified atom stereocenters. The number of aliphatic hydroxyl groups excluding tert-OH is 1. The van der Waals surface area contributed by atoms with Crippen LogP contribution in [-0.4, -0.2) is 36.5 Å². The molecule has 0 spiro atoms. The normalized spacial score (nSPS) is 39.9. The quantitative estimate of drug-likeness (QED) is 0.497. The Bertz CT molecular complexity index is 156. The van der Waals surface area contributed by atoms with Crippen molar-refractivity contribution in [2.24, 2.45) is 0 Å². The zero-order valence-electron chi connectivity index (χ0n) is 5.96. The van der Waals surface area contributed by atoms with Gasteiger partial charge in [0.25, 0.3) is 0 Å². The average molecular weight is 146 g/mol. The van der Waals surface area contributed by atoms with E-state index in [0.29, 0.717) is 0 Å². The van der Waals surface area contributed by atoms with Gasteiger partial charge in [-0.05, 0) is 6.92 Å². The second-order valence-corrected chi connectivity index (χ2v) is 2.43. The van der Waals surface area contributed by atoms with Crippen molar-refractivity contribution >= 4 is 5.97 Å². The van der Waals surface area contributed by atoms with E-state index in [0.717, 1.165) is 0 Å². The summed E-state index contributed by atoms with van der Waals surface area (Å²) >= 11 is 0. The molecular formula is C6H10O4. The van der Waals surface area contributed by atoms with Gasteiger partial charge in [0.1, 0.15) is 12.7 Å². The second kappa shape index (κ2) is 2.21. The van der Waals surface area contributed by atoms with Crippen LogP contribution in [0.2, 0.25) is 0 Å². The highest BCUT2D eigenvalue weighted by atomic mass is 16.6. The first kappa shape index (κ1) is 7.50. The molecule has 1 N–H and O–H groups in total. The van der Waals surface area contributed by atoms with Gasteiger partial charge in [0.2, 0.25) is 0 Å². The molecule has 2 atom stereocenters. The summed E-state index contributed by atoms with van der Waals surface area (Å²) in [5, 5.41) is 9.15. The smallest absolute Gasteiger partial charge is 0.341 e. The number of aliphatic hydroxyl groups is 1. The van der Waals surface area contributed by atoms with E-state index in [1.807, 2.05) is 0 Å². The minimum atomic E-state index is -1.15. The van der Waals surface area contributed by atoms with Gasteiger partial charge in [-0.3, -0.25) is 0 Å². The fourth-order valence-corrected chi connectivity index (χ4v) is 0.812. The van der Waals surface area contributed by atoms with Gasteiger partial charge in [-0.1, -0.05) is 0 Å². The summed E-state index contributed by atoms with van der Waals surface area (Å²) in [6.07, 6.45) is -0.843. The number of cyclic esters (lactones) is 1. The van der Waals surface area contributed by atoms with E-state index in [1.54, 1.807) is 0 Å². The first-order valence-corrected chi connectivity index (χ1v) is 3.01. The molecule has 4 heteroatoms. The van der Waals surface area contributed by atoms with Crippen molar-refractivity contribution in [1.29, 1.82) is 0 Å². The Balaban J connectivity index is 2.80. The minimum absolute atomic E-state index is 0.0309. The summed E-state index contributed by atoms with van der Waals surface area (Å²) in [5.74, 6) is -0.498. The van der Waals surface area contributed by atoms with Crippen molar-refractivity contribution in [1.82, 2.24) is 0 Å². The van der Waals surface area contributed by atoms with Crippen molar-refractivity contribution < 1.29 is 19.4 Å². The molecule has 58 valence electrons. The third-order valence-corrected chi connectivity index (χ3v) is 1.84. The van der Waals surface area contributed by atoms with E-state index in [1.165, 1.54) is 14.0 Å². The molecule has 4 nitrogen and oxygen atoms in total. The second-order valence-electron chi connectivity index (χ2n) is 2.43. The highest BCUT2D eigenvalue weighted by molar-refractivity contribution is 5.82. The summed E-state index contributed by atoms with van der Waals surface area (Å²) in [6, 6.07) is 0. The highest BCUT2D eigenvalue weighted by Gasteiger charge is 2.48. The van der Waals surface area contributed by atoms with Crippen LogP contribution in [0.15, 0.2) is 0 Å². The Morgan fingerprint density at radius 3 is 2.70 bits per heavy atom. The lowest BCUT2D eigenvalue weighted by Gasteiger charge is -2.19. The molecule has 10 heavy (non-hydrogen) atoms. The summed E-state index contributed by atoms with van der Waals surface area (Å²) < 4.78 is 9.36. The predicted octanol–water partition coefficient (Wildman–Crippen LogP) is -0.691. The SMILES string of the molecule is CO[C@@]1(C)C(=O)OC[C@H]1O. The molecule has 1 aliphatic heterocycles. The fraction of sp³-hybridized carbons (Fsp3) is 0.833. The molecule has 1 fully saturated rings. The number of carbonyl (C=O) groups is 1. The lowest BCUT2D eigenvalue weighted by molar-refractivity contribution is -0.157. The topological polar surface area (TPSA) is 55.8 Å². The van der Waals surface area contributed by atoms with Crippen LogP contribution in [-0.2, 0) is 14.3 Å². The van der Waals surface area contributed by atoms with Crippen molar-refractivity contribution in [3.63, 3.8) is 0 Å². The molecule has 1 aliphatic rings. The van der Waals surface area contributed by atoms with Crippen LogP contribution in [0.4, 0.5) is 0 Å². The fourth-order valence-electron chi connectivity index (χ4n) is 0.812. The van der Waals surface area contributed by atoms with Crippen LogP contribution in [0.5, 0.6) is 0 Å². The van der Waals surface area contributed by atoms with Crippen molar-refractivity contribution in [3.8, 4) is 0 Å². The van der Waals surface area contributed by atoms with Gasteiger partial charge in [-0.2, -0.15) is 0 Å². The van der Waals surface area contributed by atoms with Crippen LogP contribution in [0.1, 0.15) is 6.92 Å². The Morgan fingerprint density at radius 1 is 1.90 bits per heavy atom. The average Bonchev–Trinajstić information content (AvgIpc) is 2.18. The van der Waals surface area contributed by atoms with Crippen molar-refractivity contribution in [2.75, 3.05) is 13.7 Å². The number of hydrogen-bond acceptors (Lipinski definition) is 4. The van der Waals surface area contributed by atoms with Crippen LogP contribution in [0.25, 0.3) is 0 Å². The van der Waals surface area contributed by atoms with Gasteiger partial charge in [0, 0.05) is 7.11 Å². The van der Waals surface area contributed by atoms with Gasteiger partial charge in [0.05, 0.1) is 0 Å². The third kappa shape index (κ3) is 0.803. The number of carbonyl (C=O) groups excluding carboxylic acids is 1. The van der Waals surface area contributed by atoms with Gasteiger partial charge in [-0.15, -0.1) is 0 Å². The van der Waals surface area contributed by atoms with Crippen LogP contribution in [0, 0.1) is 0 Å². The number of hydrogen-bond donors (Lipinski definition) is 1. The number of methoxy groups -OCH3 is 1. The maximum absolute atomic E-state index is 10.8. The Morgan fingerprint density at radius 2 is 2.50 bits per heavy atom. The van der Waals surface area contributed by atoms with Gasteiger partial charge in [0.15, 0.2) is 5.60 Å². The van der Waals surface area contributed by atoms with E-state index in [-0.39, 0.29) is 6.61 Å². The lowest BCUT2D eigenvalue weighted by Crippen LogP contribution is -2.43. The molecule has 0 radical (unpaired) electrons. The molecule has 0 aromatic rings. The summed E-state index contributed by atoms with van der Waals surface area (Å²) in [5.41, 5.74) is -1.15. The largest absolute Gasteiger partial charge is 0.461 e. The molecule has 1 saturated heterocycles. The van der Waals surface area contributed by atoms with Gasteiger partial charge >= 0.3 is 5.97 Å². The Hall–Kier alpha value is -0.610. The van der Waals surface area contributed by atoms with Crippen molar-refractivity contribution in [3.05, 3.63) is 0 Å².